The molecule has 0 radical (unpaired) electrons. The van der Waals surface area contributed by atoms with Crippen LogP contribution in [0.1, 0.15) is 13.8 Å². The summed E-state index contributed by atoms with van der Waals surface area (Å²) in [6.07, 6.45) is -2.94. The largest absolute Gasteiger partial charge is 0.405 e. The highest BCUT2D eigenvalue weighted by atomic mass is 19.4. The molecule has 1 heterocycles. The van der Waals surface area contributed by atoms with E-state index in [1.807, 2.05) is 0 Å². The van der Waals surface area contributed by atoms with Crippen molar-refractivity contribution >= 4 is 11.8 Å². The number of rotatable bonds is 4. The van der Waals surface area contributed by atoms with Gasteiger partial charge in [0.15, 0.2) is 0 Å². The van der Waals surface area contributed by atoms with Crippen LogP contribution in [0, 0.1) is 0 Å². The maximum atomic E-state index is 12.4. The first-order chi connectivity index (χ1) is 7.83. The van der Waals surface area contributed by atoms with Crippen LogP contribution < -0.4 is 16.2 Å². The van der Waals surface area contributed by atoms with E-state index in [1.165, 1.54) is 12.3 Å². The summed E-state index contributed by atoms with van der Waals surface area (Å²) in [7, 11) is 0. The van der Waals surface area contributed by atoms with E-state index in [1.54, 1.807) is 13.8 Å². The molecule has 1 aromatic heterocycles. The van der Waals surface area contributed by atoms with Gasteiger partial charge in [-0.1, -0.05) is 0 Å². The van der Waals surface area contributed by atoms with Gasteiger partial charge in [0, 0.05) is 12.2 Å². The molecule has 0 aliphatic carbocycles. The standard InChI is InChI=1S/C9H14F3N5/c1-6(2)17(5-9(10,11)12)7-3-4-14-8(15-7)16-13/h3-4,6H,5,13H2,1-2H3,(H,14,15,16). The summed E-state index contributed by atoms with van der Waals surface area (Å²) in [5, 5.41) is 0. The highest BCUT2D eigenvalue weighted by Gasteiger charge is 2.32. The molecule has 0 bridgehead atoms. The van der Waals surface area contributed by atoms with Crippen molar-refractivity contribution in [1.82, 2.24) is 9.97 Å². The Bertz CT molecular complexity index is 366. The molecule has 1 aromatic rings. The molecule has 0 fully saturated rings. The summed E-state index contributed by atoms with van der Waals surface area (Å²) in [5.74, 6) is 5.37. The lowest BCUT2D eigenvalue weighted by Crippen LogP contribution is -2.39. The van der Waals surface area contributed by atoms with Crippen LogP contribution in [0.5, 0.6) is 0 Å². The van der Waals surface area contributed by atoms with Crippen LogP contribution in [-0.2, 0) is 0 Å². The van der Waals surface area contributed by atoms with Gasteiger partial charge < -0.3 is 4.90 Å². The second-order valence-electron chi connectivity index (χ2n) is 3.72. The molecule has 8 heteroatoms. The van der Waals surface area contributed by atoms with Gasteiger partial charge in [-0.15, -0.1) is 0 Å². The lowest BCUT2D eigenvalue weighted by Gasteiger charge is -2.28. The Hall–Kier alpha value is -1.57. The Morgan fingerprint density at radius 2 is 2.12 bits per heavy atom. The van der Waals surface area contributed by atoms with Crippen molar-refractivity contribution in [2.24, 2.45) is 5.84 Å². The molecule has 0 saturated heterocycles. The van der Waals surface area contributed by atoms with Crippen LogP contribution in [0.15, 0.2) is 12.3 Å². The average Bonchev–Trinajstić information content (AvgIpc) is 2.24. The number of nitrogen functional groups attached to an aromatic ring is 1. The van der Waals surface area contributed by atoms with E-state index in [0.29, 0.717) is 0 Å². The molecule has 96 valence electrons. The van der Waals surface area contributed by atoms with Gasteiger partial charge in [0.25, 0.3) is 0 Å². The number of anilines is 2. The van der Waals surface area contributed by atoms with Gasteiger partial charge in [-0.05, 0) is 19.9 Å². The number of hydrogen-bond donors (Lipinski definition) is 2. The van der Waals surface area contributed by atoms with Crippen LogP contribution >= 0.6 is 0 Å². The summed E-state index contributed by atoms with van der Waals surface area (Å²) in [6.45, 7) is 2.25. The molecule has 5 nitrogen and oxygen atoms in total. The fourth-order valence-electron chi connectivity index (χ4n) is 1.30. The quantitative estimate of drug-likeness (QED) is 0.626. The molecule has 0 aliphatic rings. The van der Waals surface area contributed by atoms with Gasteiger partial charge in [-0.2, -0.15) is 18.2 Å². The molecular formula is C9H14F3N5. The summed E-state index contributed by atoms with van der Waals surface area (Å²) < 4.78 is 37.2. The van der Waals surface area contributed by atoms with Crippen molar-refractivity contribution < 1.29 is 13.2 Å². The maximum Gasteiger partial charge on any atom is 0.405 e. The highest BCUT2D eigenvalue weighted by Crippen LogP contribution is 2.22. The molecule has 3 N–H and O–H groups in total. The van der Waals surface area contributed by atoms with Gasteiger partial charge in [0.2, 0.25) is 5.95 Å². The third-order valence-corrected chi connectivity index (χ3v) is 2.04. The topological polar surface area (TPSA) is 67.1 Å². The minimum atomic E-state index is -4.29. The Kier molecular flexibility index (Phi) is 4.11. The van der Waals surface area contributed by atoms with Crippen LogP contribution in [0.2, 0.25) is 0 Å². The molecule has 0 aliphatic heterocycles. The number of hydrazine groups is 1. The van der Waals surface area contributed by atoms with E-state index in [2.05, 4.69) is 15.4 Å². The van der Waals surface area contributed by atoms with E-state index in [4.69, 9.17) is 5.84 Å². The molecular weight excluding hydrogens is 235 g/mol. The van der Waals surface area contributed by atoms with Gasteiger partial charge >= 0.3 is 6.18 Å². The minimum Gasteiger partial charge on any atom is -0.345 e. The van der Waals surface area contributed by atoms with E-state index in [0.717, 1.165) is 4.90 Å². The average molecular weight is 249 g/mol. The second-order valence-corrected chi connectivity index (χ2v) is 3.72. The zero-order valence-corrected chi connectivity index (χ0v) is 9.49. The number of alkyl halides is 3. The van der Waals surface area contributed by atoms with Crippen LogP contribution in [0.25, 0.3) is 0 Å². The van der Waals surface area contributed by atoms with E-state index in [-0.39, 0.29) is 17.8 Å². The number of aromatic nitrogens is 2. The molecule has 0 spiro atoms. The first-order valence-electron chi connectivity index (χ1n) is 4.96. The fourth-order valence-corrected chi connectivity index (χ4v) is 1.30. The van der Waals surface area contributed by atoms with Crippen molar-refractivity contribution in [2.45, 2.75) is 26.1 Å². The van der Waals surface area contributed by atoms with Crippen LogP contribution in [0.4, 0.5) is 24.9 Å². The van der Waals surface area contributed by atoms with Gasteiger partial charge in [0.05, 0.1) is 0 Å². The lowest BCUT2D eigenvalue weighted by atomic mass is 10.3. The molecule has 0 atom stereocenters. The number of nitrogens with two attached hydrogens (primary N) is 1. The molecule has 17 heavy (non-hydrogen) atoms. The summed E-state index contributed by atoms with van der Waals surface area (Å²) in [4.78, 5) is 8.74. The molecule has 0 saturated carbocycles. The summed E-state index contributed by atoms with van der Waals surface area (Å²) in [6, 6.07) is 1.07. The molecule has 1 rings (SSSR count). The third-order valence-electron chi connectivity index (χ3n) is 2.04. The Labute approximate surface area is 96.8 Å². The number of halogens is 3. The molecule has 0 unspecified atom stereocenters. The van der Waals surface area contributed by atoms with Gasteiger partial charge in [-0.25, -0.2) is 10.8 Å². The fraction of sp³-hybridized carbons (Fsp3) is 0.556. The first kappa shape index (κ1) is 13.5. The normalized spacial score (nSPS) is 11.7. The van der Waals surface area contributed by atoms with E-state index < -0.39 is 12.7 Å². The first-order valence-corrected chi connectivity index (χ1v) is 4.96. The van der Waals surface area contributed by atoms with Crippen molar-refractivity contribution in [3.8, 4) is 0 Å². The van der Waals surface area contributed by atoms with Crippen molar-refractivity contribution in [3.63, 3.8) is 0 Å². The summed E-state index contributed by atoms with van der Waals surface area (Å²) in [5.41, 5.74) is 2.19. The van der Waals surface area contributed by atoms with Crippen molar-refractivity contribution in [3.05, 3.63) is 12.3 Å². The number of nitrogens with zero attached hydrogens (tertiary/aromatic N) is 3. The van der Waals surface area contributed by atoms with Crippen molar-refractivity contribution in [2.75, 3.05) is 16.9 Å². The molecule has 0 amide bonds. The Balaban J connectivity index is 2.97. The van der Waals surface area contributed by atoms with Gasteiger partial charge in [0.1, 0.15) is 12.4 Å². The molecule has 0 aromatic carbocycles. The SMILES string of the molecule is CC(C)N(CC(F)(F)F)c1ccnc(NN)n1. The van der Waals surface area contributed by atoms with Crippen LogP contribution in [0.3, 0.4) is 0 Å². The zero-order chi connectivity index (χ0) is 13.1. The second kappa shape index (κ2) is 5.17. The third kappa shape index (κ3) is 4.06. The van der Waals surface area contributed by atoms with Crippen molar-refractivity contribution in [1.29, 1.82) is 0 Å². The number of hydrogen-bond acceptors (Lipinski definition) is 5. The monoisotopic (exact) mass is 249 g/mol. The maximum absolute atomic E-state index is 12.4. The van der Waals surface area contributed by atoms with E-state index >= 15 is 0 Å². The smallest absolute Gasteiger partial charge is 0.345 e. The number of nitrogens with one attached hydrogen (secondary N) is 1. The predicted octanol–water partition coefficient (Wildman–Crippen LogP) is 1.54. The minimum absolute atomic E-state index is 0.0790. The highest BCUT2D eigenvalue weighted by molar-refractivity contribution is 5.43. The zero-order valence-electron chi connectivity index (χ0n) is 9.49. The summed E-state index contributed by atoms with van der Waals surface area (Å²) >= 11 is 0. The Morgan fingerprint density at radius 3 is 2.59 bits per heavy atom. The van der Waals surface area contributed by atoms with E-state index in [9.17, 15) is 13.2 Å². The van der Waals surface area contributed by atoms with Crippen LogP contribution in [-0.4, -0.2) is 28.7 Å². The van der Waals surface area contributed by atoms with Gasteiger partial charge in [-0.3, -0.25) is 5.43 Å². The lowest BCUT2D eigenvalue weighted by molar-refractivity contribution is -0.120. The predicted molar refractivity (Wildman–Crippen MR) is 58.4 cm³/mol. The Morgan fingerprint density at radius 1 is 1.47 bits per heavy atom.